The van der Waals surface area contributed by atoms with Gasteiger partial charge in [-0.05, 0) is 43.2 Å². The molecule has 0 spiro atoms. The van der Waals surface area contributed by atoms with E-state index in [1.807, 2.05) is 0 Å². The van der Waals surface area contributed by atoms with Crippen LogP contribution < -0.4 is 5.32 Å². The highest BCUT2D eigenvalue weighted by atomic mass is 35.5. The van der Waals surface area contributed by atoms with E-state index >= 15 is 0 Å². The average Bonchev–Trinajstić information content (AvgIpc) is 3.28. The van der Waals surface area contributed by atoms with Crippen molar-refractivity contribution in [3.05, 3.63) is 64.7 Å². The Balaban J connectivity index is 1.65. The molecule has 1 heterocycles. The van der Waals surface area contributed by atoms with Crippen molar-refractivity contribution in [1.29, 1.82) is 0 Å². The van der Waals surface area contributed by atoms with Crippen LogP contribution >= 0.6 is 11.6 Å². The molecule has 1 aliphatic heterocycles. The Morgan fingerprint density at radius 1 is 1.03 bits per heavy atom. The summed E-state index contributed by atoms with van der Waals surface area (Å²) in [6, 6.07) is 11.8. The number of sulfonamides is 1. The number of nitrogens with zero attached hydrogens (tertiary/aromatic N) is 1. The summed E-state index contributed by atoms with van der Waals surface area (Å²) in [5, 5.41) is 2.09. The van der Waals surface area contributed by atoms with Crippen molar-refractivity contribution in [2.75, 3.05) is 19.7 Å². The molecule has 0 aromatic heterocycles. The number of esters is 1. The van der Waals surface area contributed by atoms with Gasteiger partial charge < -0.3 is 4.74 Å². The number of nitrogens with one attached hydrogen (secondary N) is 1. The zero-order valence-electron chi connectivity index (χ0n) is 15.8. The zero-order valence-corrected chi connectivity index (χ0v) is 17.4. The van der Waals surface area contributed by atoms with Crippen LogP contribution in [0.4, 0.5) is 0 Å². The van der Waals surface area contributed by atoms with Crippen LogP contribution in [-0.2, 0) is 19.6 Å². The van der Waals surface area contributed by atoms with Crippen molar-refractivity contribution in [3.8, 4) is 0 Å². The van der Waals surface area contributed by atoms with E-state index in [1.165, 1.54) is 28.6 Å². The van der Waals surface area contributed by atoms with E-state index in [4.69, 9.17) is 16.3 Å². The molecule has 0 radical (unpaired) electrons. The van der Waals surface area contributed by atoms with Gasteiger partial charge in [0.25, 0.3) is 11.8 Å². The molecule has 0 saturated carbocycles. The predicted molar refractivity (Wildman–Crippen MR) is 109 cm³/mol. The Hall–Kier alpha value is -2.75. The van der Waals surface area contributed by atoms with Gasteiger partial charge in [0.1, 0.15) is 0 Å². The summed E-state index contributed by atoms with van der Waals surface area (Å²) in [5.41, 5.74) is 0.0964. The van der Waals surface area contributed by atoms with Gasteiger partial charge in [-0.25, -0.2) is 13.2 Å². The second-order valence-corrected chi connectivity index (χ2v) is 8.92. The van der Waals surface area contributed by atoms with Crippen molar-refractivity contribution in [1.82, 2.24) is 9.62 Å². The number of carbonyl (C=O) groups excluding carboxylic acids is 3. The fourth-order valence-electron chi connectivity index (χ4n) is 2.93. The van der Waals surface area contributed by atoms with E-state index in [0.29, 0.717) is 13.1 Å². The van der Waals surface area contributed by atoms with Crippen LogP contribution in [0.3, 0.4) is 0 Å². The molecule has 2 aromatic carbocycles. The van der Waals surface area contributed by atoms with Crippen LogP contribution in [0.2, 0.25) is 5.02 Å². The number of hydrogen-bond acceptors (Lipinski definition) is 6. The number of imide groups is 1. The van der Waals surface area contributed by atoms with E-state index in [2.05, 4.69) is 5.32 Å². The standard InChI is InChI=1S/C20H19ClN2O6S/c21-17-9-8-15(30(27,28)23-10-4-5-11-23)12-16(17)20(26)29-13-18(24)22-19(25)14-6-2-1-3-7-14/h1-3,6-9,12H,4-5,10-11,13H2,(H,22,24,25). The topological polar surface area (TPSA) is 110 Å². The van der Waals surface area contributed by atoms with E-state index in [-0.39, 0.29) is 21.0 Å². The van der Waals surface area contributed by atoms with Gasteiger partial charge in [-0.1, -0.05) is 29.8 Å². The predicted octanol–water partition coefficient (Wildman–Crippen LogP) is 2.24. The van der Waals surface area contributed by atoms with Gasteiger partial charge in [0, 0.05) is 18.7 Å². The Kier molecular flexibility index (Phi) is 6.86. The highest BCUT2D eigenvalue weighted by Gasteiger charge is 2.28. The maximum Gasteiger partial charge on any atom is 0.340 e. The Morgan fingerprint density at radius 3 is 2.37 bits per heavy atom. The summed E-state index contributed by atoms with van der Waals surface area (Å²) in [6.45, 7) is 0.109. The van der Waals surface area contributed by atoms with Crippen molar-refractivity contribution < 1.29 is 27.5 Å². The molecular formula is C20H19ClN2O6S. The van der Waals surface area contributed by atoms with Crippen LogP contribution in [0.25, 0.3) is 0 Å². The van der Waals surface area contributed by atoms with Gasteiger partial charge >= 0.3 is 5.97 Å². The highest BCUT2D eigenvalue weighted by Crippen LogP contribution is 2.25. The minimum Gasteiger partial charge on any atom is -0.452 e. The highest BCUT2D eigenvalue weighted by molar-refractivity contribution is 7.89. The lowest BCUT2D eigenvalue weighted by molar-refractivity contribution is -0.123. The van der Waals surface area contributed by atoms with Gasteiger partial charge in [-0.15, -0.1) is 0 Å². The molecule has 1 aliphatic rings. The summed E-state index contributed by atoms with van der Waals surface area (Å²) in [4.78, 5) is 36.1. The van der Waals surface area contributed by atoms with Crippen molar-refractivity contribution in [2.24, 2.45) is 0 Å². The fourth-order valence-corrected chi connectivity index (χ4v) is 4.67. The van der Waals surface area contributed by atoms with Crippen LogP contribution in [0.5, 0.6) is 0 Å². The van der Waals surface area contributed by atoms with Crippen molar-refractivity contribution in [3.63, 3.8) is 0 Å². The number of rotatable bonds is 6. The maximum atomic E-state index is 12.7. The smallest absolute Gasteiger partial charge is 0.340 e. The molecule has 158 valence electrons. The molecule has 2 aromatic rings. The van der Waals surface area contributed by atoms with Gasteiger partial charge in [0.2, 0.25) is 10.0 Å². The number of hydrogen-bond donors (Lipinski definition) is 1. The lowest BCUT2D eigenvalue weighted by Gasteiger charge is -2.16. The second-order valence-electron chi connectivity index (χ2n) is 6.57. The number of benzene rings is 2. The summed E-state index contributed by atoms with van der Waals surface area (Å²) in [5.74, 6) is -2.43. The van der Waals surface area contributed by atoms with E-state index in [1.54, 1.807) is 18.2 Å². The molecular weight excluding hydrogens is 432 g/mol. The average molecular weight is 451 g/mol. The quantitative estimate of drug-likeness (QED) is 0.676. The number of halogens is 1. The van der Waals surface area contributed by atoms with Crippen LogP contribution in [0.1, 0.15) is 33.6 Å². The summed E-state index contributed by atoms with van der Waals surface area (Å²) in [6.07, 6.45) is 1.55. The van der Waals surface area contributed by atoms with Crippen LogP contribution in [-0.4, -0.2) is 50.2 Å². The number of amides is 2. The zero-order chi connectivity index (χ0) is 21.7. The third-order valence-corrected chi connectivity index (χ3v) is 6.71. The second kappa shape index (κ2) is 9.38. The van der Waals surface area contributed by atoms with Crippen molar-refractivity contribution in [2.45, 2.75) is 17.7 Å². The van der Waals surface area contributed by atoms with Gasteiger partial charge in [-0.3, -0.25) is 14.9 Å². The van der Waals surface area contributed by atoms with Gasteiger partial charge in [-0.2, -0.15) is 4.31 Å². The lowest BCUT2D eigenvalue weighted by atomic mass is 10.2. The molecule has 1 saturated heterocycles. The molecule has 2 amide bonds. The third kappa shape index (κ3) is 5.05. The SMILES string of the molecule is O=C(COC(=O)c1cc(S(=O)(=O)N2CCCC2)ccc1Cl)NC(=O)c1ccccc1. The van der Waals surface area contributed by atoms with Gasteiger partial charge in [0.05, 0.1) is 15.5 Å². The molecule has 0 aliphatic carbocycles. The number of ether oxygens (including phenoxy) is 1. The monoisotopic (exact) mass is 450 g/mol. The van der Waals surface area contributed by atoms with E-state index < -0.39 is 34.4 Å². The minimum atomic E-state index is -3.75. The first-order valence-electron chi connectivity index (χ1n) is 9.15. The molecule has 1 N–H and O–H groups in total. The number of carbonyl (C=O) groups is 3. The maximum absolute atomic E-state index is 12.7. The van der Waals surface area contributed by atoms with E-state index in [0.717, 1.165) is 18.9 Å². The van der Waals surface area contributed by atoms with Crippen LogP contribution in [0, 0.1) is 0 Å². The molecule has 1 fully saturated rings. The molecule has 30 heavy (non-hydrogen) atoms. The first-order chi connectivity index (χ1) is 14.3. The van der Waals surface area contributed by atoms with Crippen molar-refractivity contribution >= 4 is 39.4 Å². The summed E-state index contributed by atoms with van der Waals surface area (Å²) in [7, 11) is -3.75. The Labute approximate surface area is 178 Å². The van der Waals surface area contributed by atoms with Gasteiger partial charge in [0.15, 0.2) is 6.61 Å². The lowest BCUT2D eigenvalue weighted by Crippen LogP contribution is -2.34. The Morgan fingerprint density at radius 2 is 1.70 bits per heavy atom. The van der Waals surface area contributed by atoms with Crippen LogP contribution in [0.15, 0.2) is 53.4 Å². The molecule has 8 nitrogen and oxygen atoms in total. The molecule has 0 bridgehead atoms. The summed E-state index contributed by atoms with van der Waals surface area (Å²) >= 11 is 6.02. The van der Waals surface area contributed by atoms with E-state index in [9.17, 15) is 22.8 Å². The molecule has 0 unspecified atom stereocenters. The third-order valence-electron chi connectivity index (χ3n) is 4.48. The molecule has 3 rings (SSSR count). The first kappa shape index (κ1) is 21.9. The first-order valence-corrected chi connectivity index (χ1v) is 11.0. The Bertz CT molecular complexity index is 1070. The fraction of sp³-hybridized carbons (Fsp3) is 0.250. The molecule has 0 atom stereocenters. The largest absolute Gasteiger partial charge is 0.452 e. The normalized spacial score (nSPS) is 14.3. The molecule has 10 heteroatoms. The minimum absolute atomic E-state index is 0.0128. The summed E-state index contributed by atoms with van der Waals surface area (Å²) < 4.78 is 31.6.